The molecule has 0 radical (unpaired) electrons. The summed E-state index contributed by atoms with van der Waals surface area (Å²) in [5, 5.41) is 22.1. The Hall–Kier alpha value is -3.62. The predicted octanol–water partition coefficient (Wildman–Crippen LogP) is 5.02. The zero-order chi connectivity index (χ0) is 28.6. The molecule has 8 nitrogen and oxygen atoms in total. The van der Waals surface area contributed by atoms with Crippen molar-refractivity contribution in [3.05, 3.63) is 66.2 Å². The third-order valence-electron chi connectivity index (χ3n) is 9.11. The van der Waals surface area contributed by atoms with Crippen molar-refractivity contribution in [1.29, 1.82) is 0 Å². The molecule has 214 valence electrons. The number of nitrogens with one attached hydrogen (secondary N) is 1. The summed E-state index contributed by atoms with van der Waals surface area (Å²) in [5.41, 5.74) is 9.79. The number of aromatic nitrogens is 2. The number of carbonyl (C=O) groups excluding carboxylic acids is 2. The van der Waals surface area contributed by atoms with Gasteiger partial charge in [0.05, 0.1) is 5.60 Å². The van der Waals surface area contributed by atoms with Gasteiger partial charge in [-0.1, -0.05) is 54.6 Å². The van der Waals surface area contributed by atoms with Gasteiger partial charge >= 0.3 is 0 Å². The number of aliphatic hydroxyl groups is 1. The standard InChI is InChI=1S/C33H39N5O3/c1-32(41)20-33(34,21-32)25-13-11-24(12-14-25)31-27(23-6-3-2-4-7-23)19-28(36-37-31)35-29(39)18-22-9-15-26(16-10-22)38-17-5-8-30(38)40/h2-4,6-7,11-14,19,22,26,41H,5,8-10,15-18,20-21,34H2,1H3,(H,35,36,39)/t22-,26-,32-,33-. The average molecular weight is 554 g/mol. The highest BCUT2D eigenvalue weighted by Gasteiger charge is 2.49. The lowest BCUT2D eigenvalue weighted by Gasteiger charge is -2.49. The second-order valence-electron chi connectivity index (χ2n) is 12.6. The van der Waals surface area contributed by atoms with Gasteiger partial charge in [-0.3, -0.25) is 9.59 Å². The molecule has 2 saturated carbocycles. The summed E-state index contributed by atoms with van der Waals surface area (Å²) < 4.78 is 0. The molecule has 8 heteroatoms. The lowest BCUT2D eigenvalue weighted by Crippen LogP contribution is -2.58. The Morgan fingerprint density at radius 3 is 2.37 bits per heavy atom. The van der Waals surface area contributed by atoms with Crippen LogP contribution < -0.4 is 11.1 Å². The smallest absolute Gasteiger partial charge is 0.225 e. The van der Waals surface area contributed by atoms with E-state index in [-0.39, 0.29) is 11.8 Å². The first kappa shape index (κ1) is 27.5. The lowest BCUT2D eigenvalue weighted by atomic mass is 9.63. The summed E-state index contributed by atoms with van der Waals surface area (Å²) in [6.07, 6.45) is 7.01. The Balaban J connectivity index is 1.15. The minimum absolute atomic E-state index is 0.0549. The van der Waals surface area contributed by atoms with Crippen molar-refractivity contribution in [2.24, 2.45) is 11.7 Å². The molecule has 1 aromatic heterocycles. The van der Waals surface area contributed by atoms with E-state index in [1.807, 2.05) is 67.6 Å². The number of likely N-dealkylation sites (tertiary alicyclic amines) is 1. The van der Waals surface area contributed by atoms with Crippen LogP contribution in [0.5, 0.6) is 0 Å². The number of rotatable bonds is 7. The summed E-state index contributed by atoms with van der Waals surface area (Å²) in [7, 11) is 0. The van der Waals surface area contributed by atoms with Gasteiger partial charge in [-0.2, -0.15) is 0 Å². The fraction of sp³-hybridized carbons (Fsp3) is 0.455. The number of benzene rings is 2. The second-order valence-corrected chi connectivity index (χ2v) is 12.6. The van der Waals surface area contributed by atoms with Gasteiger partial charge in [0, 0.05) is 42.1 Å². The van der Waals surface area contributed by atoms with Crippen LogP contribution in [0.2, 0.25) is 0 Å². The van der Waals surface area contributed by atoms with Crippen LogP contribution in [-0.4, -0.2) is 50.2 Å². The van der Waals surface area contributed by atoms with Crippen LogP contribution in [0.25, 0.3) is 22.4 Å². The Labute approximate surface area is 241 Å². The van der Waals surface area contributed by atoms with Crippen LogP contribution in [0.3, 0.4) is 0 Å². The van der Waals surface area contributed by atoms with Gasteiger partial charge in [-0.25, -0.2) is 0 Å². The van der Waals surface area contributed by atoms with Crippen LogP contribution in [0, 0.1) is 5.92 Å². The minimum Gasteiger partial charge on any atom is -0.390 e. The molecule has 1 saturated heterocycles. The summed E-state index contributed by atoms with van der Waals surface area (Å²) in [6.45, 7) is 2.70. The molecule has 3 fully saturated rings. The number of anilines is 1. The van der Waals surface area contributed by atoms with Gasteiger partial charge in [-0.15, -0.1) is 10.2 Å². The fourth-order valence-electron chi connectivity index (χ4n) is 7.15. The number of carbonyl (C=O) groups is 2. The molecule has 0 unspecified atom stereocenters. The van der Waals surface area contributed by atoms with E-state index >= 15 is 0 Å². The van der Waals surface area contributed by atoms with E-state index in [1.165, 1.54) is 0 Å². The molecular formula is C33H39N5O3. The third kappa shape index (κ3) is 5.90. The quantitative estimate of drug-likeness (QED) is 0.378. The Bertz CT molecular complexity index is 1410. The van der Waals surface area contributed by atoms with Crippen LogP contribution in [0.15, 0.2) is 60.7 Å². The van der Waals surface area contributed by atoms with Crippen LogP contribution in [0.1, 0.15) is 70.3 Å². The van der Waals surface area contributed by atoms with E-state index in [4.69, 9.17) is 5.73 Å². The summed E-state index contributed by atoms with van der Waals surface area (Å²) in [4.78, 5) is 27.2. The molecule has 0 bridgehead atoms. The maximum Gasteiger partial charge on any atom is 0.225 e. The summed E-state index contributed by atoms with van der Waals surface area (Å²) >= 11 is 0. The van der Waals surface area contributed by atoms with Crippen molar-refractivity contribution in [3.8, 4) is 22.4 Å². The molecule has 2 aromatic carbocycles. The zero-order valence-electron chi connectivity index (χ0n) is 23.7. The van der Waals surface area contributed by atoms with Crippen LogP contribution >= 0.6 is 0 Å². The van der Waals surface area contributed by atoms with Crippen LogP contribution in [-0.2, 0) is 15.1 Å². The molecule has 3 aliphatic rings. The molecular weight excluding hydrogens is 514 g/mol. The molecule has 4 N–H and O–H groups in total. The first-order valence-corrected chi connectivity index (χ1v) is 14.8. The van der Waals surface area contributed by atoms with E-state index < -0.39 is 11.1 Å². The highest BCUT2D eigenvalue weighted by Crippen LogP contribution is 2.46. The third-order valence-corrected chi connectivity index (χ3v) is 9.11. The highest BCUT2D eigenvalue weighted by molar-refractivity contribution is 5.91. The molecule has 2 amide bonds. The van der Waals surface area contributed by atoms with E-state index in [1.54, 1.807) is 0 Å². The van der Waals surface area contributed by atoms with Crippen molar-refractivity contribution >= 4 is 17.6 Å². The number of nitrogens with two attached hydrogens (primary N) is 1. The SMILES string of the molecule is C[C@]1(O)C[C@@](N)(c2ccc(-c3nnc(NC(=O)C[C@H]4CC[C@H](N5CCCC5=O)CC4)cc3-c3ccccc3)cc2)C1. The zero-order valence-corrected chi connectivity index (χ0v) is 23.7. The van der Waals surface area contributed by atoms with E-state index in [2.05, 4.69) is 20.4 Å². The molecule has 2 aliphatic carbocycles. The van der Waals surface area contributed by atoms with Gasteiger partial charge in [0.15, 0.2) is 5.82 Å². The van der Waals surface area contributed by atoms with E-state index in [0.717, 1.165) is 66.6 Å². The van der Waals surface area contributed by atoms with E-state index in [0.29, 0.717) is 43.5 Å². The molecule has 1 aliphatic heterocycles. The maximum atomic E-state index is 13.0. The van der Waals surface area contributed by atoms with Crippen LogP contribution in [0.4, 0.5) is 5.82 Å². The van der Waals surface area contributed by atoms with Crippen molar-refractivity contribution < 1.29 is 14.7 Å². The number of hydrogen-bond donors (Lipinski definition) is 3. The second kappa shape index (κ2) is 11.0. The average Bonchev–Trinajstić information content (AvgIpc) is 3.38. The molecule has 41 heavy (non-hydrogen) atoms. The maximum absolute atomic E-state index is 13.0. The largest absolute Gasteiger partial charge is 0.390 e. The number of amides is 2. The predicted molar refractivity (Wildman–Crippen MR) is 159 cm³/mol. The minimum atomic E-state index is -0.715. The van der Waals surface area contributed by atoms with Gasteiger partial charge in [-0.05, 0) is 75.0 Å². The monoisotopic (exact) mass is 553 g/mol. The normalized spacial score (nSPS) is 27.9. The van der Waals surface area contributed by atoms with Gasteiger partial charge in [0.2, 0.25) is 11.8 Å². The summed E-state index contributed by atoms with van der Waals surface area (Å²) in [6, 6.07) is 20.2. The first-order valence-electron chi connectivity index (χ1n) is 14.8. The van der Waals surface area contributed by atoms with E-state index in [9.17, 15) is 14.7 Å². The van der Waals surface area contributed by atoms with Crippen molar-refractivity contribution in [2.75, 3.05) is 11.9 Å². The van der Waals surface area contributed by atoms with Crippen molar-refractivity contribution in [1.82, 2.24) is 15.1 Å². The topological polar surface area (TPSA) is 121 Å². The Kier molecular flexibility index (Phi) is 7.38. The van der Waals surface area contributed by atoms with Gasteiger partial charge in [0.25, 0.3) is 0 Å². The van der Waals surface area contributed by atoms with Crippen molar-refractivity contribution in [2.45, 2.75) is 81.9 Å². The molecule has 0 atom stereocenters. The number of nitrogens with zero attached hydrogens (tertiary/aromatic N) is 3. The molecule has 3 aromatic rings. The number of hydrogen-bond acceptors (Lipinski definition) is 6. The Morgan fingerprint density at radius 2 is 1.73 bits per heavy atom. The highest BCUT2D eigenvalue weighted by atomic mass is 16.3. The van der Waals surface area contributed by atoms with Gasteiger partial charge < -0.3 is 21.1 Å². The molecule has 0 spiro atoms. The molecule has 2 heterocycles. The summed E-state index contributed by atoms with van der Waals surface area (Å²) in [5.74, 6) is 0.978. The Morgan fingerprint density at radius 1 is 1.02 bits per heavy atom. The first-order chi connectivity index (χ1) is 19.7. The fourth-order valence-corrected chi connectivity index (χ4v) is 7.15. The lowest BCUT2D eigenvalue weighted by molar-refractivity contribution is -0.130. The van der Waals surface area contributed by atoms with Gasteiger partial charge in [0.1, 0.15) is 5.69 Å². The van der Waals surface area contributed by atoms with Crippen molar-refractivity contribution in [3.63, 3.8) is 0 Å². The molecule has 6 rings (SSSR count).